The number of carbonyl (C=O) groups is 1. The first-order valence-corrected chi connectivity index (χ1v) is 9.43. The first-order valence-electron chi connectivity index (χ1n) is 9.43. The molecule has 1 aromatic heterocycles. The monoisotopic (exact) mass is 377 g/mol. The summed E-state index contributed by atoms with van der Waals surface area (Å²) in [5.74, 6) is 2.22. The highest BCUT2D eigenvalue weighted by molar-refractivity contribution is 5.92. The number of para-hydroxylation sites is 2. The zero-order valence-corrected chi connectivity index (χ0v) is 15.9. The van der Waals surface area contributed by atoms with Crippen LogP contribution in [0.4, 0.5) is 0 Å². The lowest BCUT2D eigenvalue weighted by molar-refractivity contribution is -0.117. The van der Waals surface area contributed by atoms with Crippen LogP contribution in [0, 0.1) is 5.92 Å². The number of amides is 1. The standard InChI is InChI=1S/C22H23N3O3/c1-14(2)21(22-23-16-5-3-4-6-17(16)24-22)25-20(26)10-8-15-7-9-18-19(13-15)28-12-11-27-18/h3-10,13-14,21H,11-12H2,1-2H3,(H,23,24)(H,25,26). The van der Waals surface area contributed by atoms with Crippen molar-refractivity contribution in [1.82, 2.24) is 15.3 Å². The summed E-state index contributed by atoms with van der Waals surface area (Å²) < 4.78 is 11.1. The molecule has 3 aromatic rings. The fraction of sp³-hybridized carbons (Fsp3) is 0.273. The molecule has 28 heavy (non-hydrogen) atoms. The number of carbonyl (C=O) groups excluding carboxylic acids is 1. The van der Waals surface area contributed by atoms with Crippen LogP contribution in [0.2, 0.25) is 0 Å². The molecule has 0 bridgehead atoms. The Morgan fingerprint density at radius 1 is 1.14 bits per heavy atom. The number of imidazole rings is 1. The first kappa shape index (κ1) is 18.1. The second-order valence-corrected chi connectivity index (χ2v) is 7.11. The van der Waals surface area contributed by atoms with Gasteiger partial charge in [-0.2, -0.15) is 0 Å². The second kappa shape index (κ2) is 7.76. The summed E-state index contributed by atoms with van der Waals surface area (Å²) >= 11 is 0. The van der Waals surface area contributed by atoms with E-state index in [-0.39, 0.29) is 17.9 Å². The molecule has 0 aliphatic carbocycles. The summed E-state index contributed by atoms with van der Waals surface area (Å²) in [4.78, 5) is 20.5. The van der Waals surface area contributed by atoms with E-state index in [1.54, 1.807) is 6.08 Å². The lowest BCUT2D eigenvalue weighted by atomic mass is 10.0. The van der Waals surface area contributed by atoms with Gasteiger partial charge in [0.25, 0.3) is 0 Å². The summed E-state index contributed by atoms with van der Waals surface area (Å²) in [6, 6.07) is 13.3. The number of nitrogens with zero attached hydrogens (tertiary/aromatic N) is 1. The molecule has 0 saturated carbocycles. The molecule has 0 radical (unpaired) electrons. The van der Waals surface area contributed by atoms with Crippen molar-refractivity contribution >= 4 is 23.0 Å². The molecule has 0 spiro atoms. The number of hydrogen-bond donors (Lipinski definition) is 2. The molecule has 0 fully saturated rings. The molecule has 2 N–H and O–H groups in total. The second-order valence-electron chi connectivity index (χ2n) is 7.11. The van der Waals surface area contributed by atoms with Gasteiger partial charge in [0, 0.05) is 6.08 Å². The average molecular weight is 377 g/mol. The number of ether oxygens (including phenoxy) is 2. The summed E-state index contributed by atoms with van der Waals surface area (Å²) in [6.45, 7) is 5.21. The van der Waals surface area contributed by atoms with E-state index in [1.165, 1.54) is 6.08 Å². The molecule has 1 amide bonds. The Bertz CT molecular complexity index is 990. The van der Waals surface area contributed by atoms with Crippen LogP contribution in [0.1, 0.15) is 31.3 Å². The Morgan fingerprint density at radius 3 is 2.71 bits per heavy atom. The molecule has 6 nitrogen and oxygen atoms in total. The van der Waals surface area contributed by atoms with Crippen molar-refractivity contribution in [2.24, 2.45) is 5.92 Å². The highest BCUT2D eigenvalue weighted by atomic mass is 16.6. The van der Waals surface area contributed by atoms with Crippen molar-refractivity contribution < 1.29 is 14.3 Å². The Labute approximate surface area is 163 Å². The van der Waals surface area contributed by atoms with Gasteiger partial charge in [0.1, 0.15) is 19.0 Å². The van der Waals surface area contributed by atoms with E-state index in [9.17, 15) is 4.79 Å². The minimum Gasteiger partial charge on any atom is -0.486 e. The number of rotatable bonds is 5. The highest BCUT2D eigenvalue weighted by Gasteiger charge is 2.21. The molecule has 1 atom stereocenters. The maximum atomic E-state index is 12.5. The number of aromatic amines is 1. The minimum absolute atomic E-state index is 0.172. The SMILES string of the molecule is CC(C)C(NC(=O)C=Cc1ccc2c(c1)OCCO2)c1nc2ccccc2[nH]1. The van der Waals surface area contributed by atoms with E-state index < -0.39 is 0 Å². The summed E-state index contributed by atoms with van der Waals surface area (Å²) in [5.41, 5.74) is 2.73. The molecule has 0 saturated heterocycles. The fourth-order valence-corrected chi connectivity index (χ4v) is 3.21. The topological polar surface area (TPSA) is 76.2 Å². The molecule has 6 heteroatoms. The van der Waals surface area contributed by atoms with Crippen molar-refractivity contribution in [3.8, 4) is 11.5 Å². The van der Waals surface area contributed by atoms with Crippen molar-refractivity contribution in [1.29, 1.82) is 0 Å². The van der Waals surface area contributed by atoms with Gasteiger partial charge in [0.05, 0.1) is 17.1 Å². The molecular weight excluding hydrogens is 354 g/mol. The number of nitrogens with one attached hydrogen (secondary N) is 2. The van der Waals surface area contributed by atoms with Gasteiger partial charge in [0.15, 0.2) is 11.5 Å². The molecule has 1 unspecified atom stereocenters. The molecule has 1 aliphatic rings. The number of aromatic nitrogens is 2. The largest absolute Gasteiger partial charge is 0.486 e. The summed E-state index contributed by atoms with van der Waals surface area (Å²) in [7, 11) is 0. The third-order valence-corrected chi connectivity index (χ3v) is 4.66. The van der Waals surface area contributed by atoms with Crippen molar-refractivity contribution in [2.75, 3.05) is 13.2 Å². The lowest BCUT2D eigenvalue weighted by Crippen LogP contribution is -2.31. The first-order chi connectivity index (χ1) is 13.6. The third kappa shape index (κ3) is 3.86. The molecule has 4 rings (SSSR count). The van der Waals surface area contributed by atoms with E-state index in [1.807, 2.05) is 42.5 Å². The average Bonchev–Trinajstić information content (AvgIpc) is 3.14. The molecular formula is C22H23N3O3. The van der Waals surface area contributed by atoms with E-state index in [0.29, 0.717) is 19.0 Å². The normalized spacial score (nSPS) is 14.5. The highest BCUT2D eigenvalue weighted by Crippen LogP contribution is 2.31. The van der Waals surface area contributed by atoms with E-state index in [4.69, 9.17) is 9.47 Å². The number of fused-ring (bicyclic) bond motifs is 2. The van der Waals surface area contributed by atoms with Crippen LogP contribution >= 0.6 is 0 Å². The molecule has 2 heterocycles. The van der Waals surface area contributed by atoms with Crippen LogP contribution in [-0.2, 0) is 4.79 Å². The van der Waals surface area contributed by atoms with Crippen molar-refractivity contribution in [2.45, 2.75) is 19.9 Å². The van der Waals surface area contributed by atoms with Crippen molar-refractivity contribution in [3.05, 3.63) is 59.9 Å². The number of H-pyrrole nitrogens is 1. The van der Waals surface area contributed by atoms with Gasteiger partial charge in [-0.15, -0.1) is 0 Å². The van der Waals surface area contributed by atoms with Crippen LogP contribution in [-0.4, -0.2) is 29.1 Å². The minimum atomic E-state index is -0.204. The van der Waals surface area contributed by atoms with Gasteiger partial charge in [0.2, 0.25) is 5.91 Å². The van der Waals surface area contributed by atoms with E-state index in [0.717, 1.165) is 28.2 Å². The Morgan fingerprint density at radius 2 is 1.93 bits per heavy atom. The van der Waals surface area contributed by atoms with Gasteiger partial charge >= 0.3 is 0 Å². The van der Waals surface area contributed by atoms with Crippen molar-refractivity contribution in [3.63, 3.8) is 0 Å². The zero-order chi connectivity index (χ0) is 19.5. The van der Waals surface area contributed by atoms with Crippen LogP contribution in [0.3, 0.4) is 0 Å². The van der Waals surface area contributed by atoms with E-state index >= 15 is 0 Å². The zero-order valence-electron chi connectivity index (χ0n) is 15.9. The predicted molar refractivity (Wildman–Crippen MR) is 108 cm³/mol. The fourth-order valence-electron chi connectivity index (χ4n) is 3.21. The number of benzene rings is 2. The van der Waals surface area contributed by atoms with Crippen LogP contribution in [0.5, 0.6) is 11.5 Å². The van der Waals surface area contributed by atoms with Gasteiger partial charge in [-0.05, 0) is 41.8 Å². The van der Waals surface area contributed by atoms with Gasteiger partial charge in [-0.3, -0.25) is 4.79 Å². The number of hydrogen-bond acceptors (Lipinski definition) is 4. The smallest absolute Gasteiger partial charge is 0.244 e. The van der Waals surface area contributed by atoms with E-state index in [2.05, 4.69) is 29.1 Å². The Hall–Kier alpha value is -3.28. The van der Waals surface area contributed by atoms with Crippen LogP contribution in [0.15, 0.2) is 48.5 Å². The van der Waals surface area contributed by atoms with Gasteiger partial charge in [-0.25, -0.2) is 4.98 Å². The van der Waals surface area contributed by atoms with Crippen LogP contribution < -0.4 is 14.8 Å². The van der Waals surface area contributed by atoms with Gasteiger partial charge in [-0.1, -0.05) is 32.0 Å². The summed E-state index contributed by atoms with van der Waals surface area (Å²) in [5, 5.41) is 3.05. The van der Waals surface area contributed by atoms with Gasteiger partial charge < -0.3 is 19.8 Å². The van der Waals surface area contributed by atoms with Crippen LogP contribution in [0.25, 0.3) is 17.1 Å². The maximum Gasteiger partial charge on any atom is 0.244 e. The summed E-state index contributed by atoms with van der Waals surface area (Å²) in [6.07, 6.45) is 3.30. The Balaban J connectivity index is 1.48. The third-order valence-electron chi connectivity index (χ3n) is 4.66. The molecule has 2 aromatic carbocycles. The maximum absolute atomic E-state index is 12.5. The predicted octanol–water partition coefficient (Wildman–Crippen LogP) is 3.86. The molecule has 144 valence electrons. The molecule has 1 aliphatic heterocycles. The Kier molecular flexibility index (Phi) is 5.02. The quantitative estimate of drug-likeness (QED) is 0.662. The lowest BCUT2D eigenvalue weighted by Gasteiger charge is -2.19.